The summed E-state index contributed by atoms with van der Waals surface area (Å²) in [5, 5.41) is 12.8. The van der Waals surface area contributed by atoms with E-state index in [1.165, 1.54) is 6.07 Å². The predicted octanol–water partition coefficient (Wildman–Crippen LogP) is 3.59. The second kappa shape index (κ2) is 5.79. The van der Waals surface area contributed by atoms with E-state index >= 15 is 0 Å². The number of fused-ring (bicyclic) bond motifs is 3. The van der Waals surface area contributed by atoms with Gasteiger partial charge in [-0.15, -0.1) is 11.8 Å². The largest absolute Gasteiger partial charge is 0.623 e. The first kappa shape index (κ1) is 15.0. The number of rotatable bonds is 2. The fourth-order valence-electron chi connectivity index (χ4n) is 2.99. The van der Waals surface area contributed by atoms with Crippen LogP contribution >= 0.6 is 11.8 Å². The maximum atomic E-state index is 14.4. The van der Waals surface area contributed by atoms with Gasteiger partial charge in [0.25, 0.3) is 0 Å². The Bertz CT molecular complexity index is 964. The maximum Gasteiger partial charge on any atom is 0.231 e. The third kappa shape index (κ3) is 2.30. The molecule has 0 amide bonds. The van der Waals surface area contributed by atoms with Crippen LogP contribution in [-0.2, 0) is 6.54 Å². The highest BCUT2D eigenvalue weighted by Crippen LogP contribution is 2.28. The van der Waals surface area contributed by atoms with Gasteiger partial charge in [0.05, 0.1) is 16.8 Å². The number of hydroxylamine groups is 1. The minimum Gasteiger partial charge on any atom is -0.623 e. The van der Waals surface area contributed by atoms with Crippen molar-refractivity contribution in [1.29, 1.82) is 0 Å². The van der Waals surface area contributed by atoms with Crippen LogP contribution in [0, 0.1) is 11.0 Å². The Kier molecular flexibility index (Phi) is 3.61. The Morgan fingerprint density at radius 1 is 1.21 bits per heavy atom. The molecule has 24 heavy (non-hydrogen) atoms. The van der Waals surface area contributed by atoms with Crippen molar-refractivity contribution in [3.63, 3.8) is 0 Å². The van der Waals surface area contributed by atoms with Gasteiger partial charge in [-0.3, -0.25) is 4.57 Å². The van der Waals surface area contributed by atoms with Crippen LogP contribution in [0.15, 0.2) is 59.8 Å². The Hall–Kier alpha value is -2.60. The Morgan fingerprint density at radius 3 is 2.83 bits per heavy atom. The summed E-state index contributed by atoms with van der Waals surface area (Å²) >= 11 is 1.58. The molecule has 2 aromatic carbocycles. The first-order chi connectivity index (χ1) is 11.7. The summed E-state index contributed by atoms with van der Waals surface area (Å²) in [7, 11) is 0. The summed E-state index contributed by atoms with van der Waals surface area (Å²) in [4.78, 5) is 5.28. The number of hydrogen-bond acceptors (Lipinski definition) is 3. The molecule has 3 aromatic rings. The molecule has 0 atom stereocenters. The zero-order chi connectivity index (χ0) is 16.7. The molecule has 4 rings (SSSR count). The number of benzene rings is 2. The molecule has 120 valence electrons. The van der Waals surface area contributed by atoms with E-state index in [1.807, 2.05) is 35.2 Å². The van der Waals surface area contributed by atoms with E-state index in [0.717, 1.165) is 15.3 Å². The van der Waals surface area contributed by atoms with Crippen LogP contribution in [0.1, 0.15) is 17.0 Å². The minimum atomic E-state index is -0.409. The van der Waals surface area contributed by atoms with E-state index in [4.69, 9.17) is 0 Å². The molecule has 0 spiro atoms. The van der Waals surface area contributed by atoms with Crippen molar-refractivity contribution < 1.29 is 9.13 Å². The van der Waals surface area contributed by atoms with Crippen LogP contribution in [0.4, 0.5) is 4.39 Å². The number of halogens is 1. The van der Waals surface area contributed by atoms with E-state index in [1.54, 1.807) is 36.2 Å². The van der Waals surface area contributed by atoms with Crippen LogP contribution in [0.2, 0.25) is 0 Å². The van der Waals surface area contributed by atoms with Crippen LogP contribution in [0.5, 0.6) is 0 Å². The normalized spacial score (nSPS) is 13.4. The second-order valence-electron chi connectivity index (χ2n) is 5.46. The molecule has 6 heteroatoms. The molecule has 1 aliphatic heterocycles. The van der Waals surface area contributed by atoms with Crippen molar-refractivity contribution in [1.82, 2.24) is 9.55 Å². The van der Waals surface area contributed by atoms with E-state index in [9.17, 15) is 9.60 Å². The number of thioether (sulfide) groups is 1. The summed E-state index contributed by atoms with van der Waals surface area (Å²) in [6.45, 7) is 0.0694. The Morgan fingerprint density at radius 2 is 2.04 bits per heavy atom. The third-order valence-electron chi connectivity index (χ3n) is 4.10. The van der Waals surface area contributed by atoms with Crippen LogP contribution in [0.3, 0.4) is 0 Å². The Balaban J connectivity index is 2.06. The van der Waals surface area contributed by atoms with Crippen molar-refractivity contribution in [2.45, 2.75) is 11.4 Å². The topological polar surface area (TPSA) is 43.9 Å². The highest BCUT2D eigenvalue weighted by molar-refractivity contribution is 7.98. The van der Waals surface area contributed by atoms with Crippen LogP contribution in [-0.4, -0.2) is 26.3 Å². The first-order valence-electron chi connectivity index (χ1n) is 7.46. The monoisotopic (exact) mass is 339 g/mol. The lowest BCUT2D eigenvalue weighted by Gasteiger charge is -2.12. The van der Waals surface area contributed by atoms with Crippen molar-refractivity contribution in [3.05, 3.63) is 82.8 Å². The van der Waals surface area contributed by atoms with Crippen LogP contribution < -0.4 is 0 Å². The molecule has 0 saturated heterocycles. The highest BCUT2D eigenvalue weighted by atomic mass is 32.2. The fourth-order valence-corrected chi connectivity index (χ4v) is 3.43. The molecule has 0 radical (unpaired) electrons. The molecule has 0 aliphatic carbocycles. The molecule has 0 bridgehead atoms. The van der Waals surface area contributed by atoms with Gasteiger partial charge in [-0.05, 0) is 36.6 Å². The lowest BCUT2D eigenvalue weighted by atomic mass is 10.00. The van der Waals surface area contributed by atoms with Gasteiger partial charge in [0.2, 0.25) is 12.3 Å². The van der Waals surface area contributed by atoms with Crippen LogP contribution in [0.25, 0.3) is 5.69 Å². The Labute approximate surface area is 142 Å². The van der Waals surface area contributed by atoms with Crippen molar-refractivity contribution >= 4 is 17.5 Å². The van der Waals surface area contributed by atoms with Gasteiger partial charge in [0.1, 0.15) is 5.82 Å². The highest BCUT2D eigenvalue weighted by Gasteiger charge is 2.28. The molecule has 0 saturated carbocycles. The average Bonchev–Trinajstić information content (AvgIpc) is 3.00. The summed E-state index contributed by atoms with van der Waals surface area (Å²) < 4.78 is 17.1. The maximum absolute atomic E-state index is 14.4. The minimum absolute atomic E-state index is 0.0694. The first-order valence-corrected chi connectivity index (χ1v) is 8.69. The zero-order valence-electron chi connectivity index (χ0n) is 12.9. The molecule has 1 aromatic heterocycles. The summed E-state index contributed by atoms with van der Waals surface area (Å²) in [6.07, 6.45) is 5.47. The second-order valence-corrected chi connectivity index (χ2v) is 6.34. The predicted molar refractivity (Wildman–Crippen MR) is 92.3 cm³/mol. The summed E-state index contributed by atoms with van der Waals surface area (Å²) in [6, 6.07) is 12.2. The van der Waals surface area contributed by atoms with E-state index in [0.29, 0.717) is 22.7 Å². The van der Waals surface area contributed by atoms with Gasteiger partial charge in [-0.2, -0.15) is 4.74 Å². The van der Waals surface area contributed by atoms with Gasteiger partial charge in [-0.1, -0.05) is 12.1 Å². The lowest BCUT2D eigenvalue weighted by Crippen LogP contribution is -2.19. The van der Waals surface area contributed by atoms with Gasteiger partial charge in [0.15, 0.2) is 5.82 Å². The molecule has 2 heterocycles. The van der Waals surface area contributed by atoms with Crippen molar-refractivity contribution in [2.24, 2.45) is 0 Å². The van der Waals surface area contributed by atoms with Gasteiger partial charge >= 0.3 is 0 Å². The fraction of sp³-hybridized carbons (Fsp3) is 0.111. The number of hydrogen-bond donors (Lipinski definition) is 0. The summed E-state index contributed by atoms with van der Waals surface area (Å²) in [5.74, 6) is 0.225. The third-order valence-corrected chi connectivity index (χ3v) is 4.82. The van der Waals surface area contributed by atoms with E-state index in [2.05, 4.69) is 4.98 Å². The van der Waals surface area contributed by atoms with Gasteiger partial charge in [-0.25, -0.2) is 9.37 Å². The molecule has 0 N–H and O–H groups in total. The summed E-state index contributed by atoms with van der Waals surface area (Å²) in [5.41, 5.74) is 2.18. The molecule has 0 fully saturated rings. The van der Waals surface area contributed by atoms with Crippen molar-refractivity contribution in [3.8, 4) is 5.69 Å². The molecule has 4 nitrogen and oxygen atoms in total. The standard InChI is InChI=1S/C18H14FN3OS/c1-24-12-6-7-16-14(10-12)18(13-4-2-3-5-15(13)19)22(23)11-17-20-8-9-21(16)17/h2-10H,11H2,1H3. The lowest BCUT2D eigenvalue weighted by molar-refractivity contribution is -0.475. The average molecular weight is 339 g/mol. The smallest absolute Gasteiger partial charge is 0.231 e. The molecule has 1 aliphatic rings. The number of aromatic nitrogens is 2. The quantitative estimate of drug-likeness (QED) is 0.407. The van der Waals surface area contributed by atoms with Gasteiger partial charge < -0.3 is 5.21 Å². The number of imidazole rings is 1. The molecule has 0 unspecified atom stereocenters. The van der Waals surface area contributed by atoms with E-state index < -0.39 is 5.82 Å². The SMILES string of the molecule is CSc1ccc2c(c1)C(c1ccccc1F)=[N+]([O-])Cc1nccn1-2. The van der Waals surface area contributed by atoms with Gasteiger partial charge in [0, 0.05) is 17.3 Å². The number of nitrogens with zero attached hydrogens (tertiary/aromatic N) is 3. The van der Waals surface area contributed by atoms with Crippen molar-refractivity contribution in [2.75, 3.05) is 6.26 Å². The molecular formula is C18H14FN3OS. The van der Waals surface area contributed by atoms with E-state index in [-0.39, 0.29) is 6.54 Å². The molecular weight excluding hydrogens is 325 g/mol. The zero-order valence-corrected chi connectivity index (χ0v) is 13.8.